The van der Waals surface area contributed by atoms with Gasteiger partial charge in [0.1, 0.15) is 0 Å². The van der Waals surface area contributed by atoms with E-state index in [-0.39, 0.29) is 0 Å². The molecule has 98 valence electrons. The molecule has 0 amide bonds. The third-order valence-electron chi connectivity index (χ3n) is 5.87. The molecule has 1 N–H and O–H groups in total. The minimum absolute atomic E-state index is 0.399. The molecule has 4 bridgehead atoms. The number of carboxylic acids is 1. The Balaban J connectivity index is 1.64. The summed E-state index contributed by atoms with van der Waals surface area (Å²) in [5.41, 5.74) is 0.798. The van der Waals surface area contributed by atoms with Crippen LogP contribution in [0.15, 0.2) is 11.6 Å². The summed E-state index contributed by atoms with van der Waals surface area (Å²) in [5.74, 6) is 3.62. The van der Waals surface area contributed by atoms with E-state index in [0.29, 0.717) is 23.7 Å². The van der Waals surface area contributed by atoms with E-state index in [1.165, 1.54) is 44.9 Å². The van der Waals surface area contributed by atoms with Crippen molar-refractivity contribution in [3.05, 3.63) is 11.6 Å². The fourth-order valence-corrected chi connectivity index (χ4v) is 5.27. The zero-order valence-corrected chi connectivity index (χ0v) is 10.8. The van der Waals surface area contributed by atoms with E-state index in [0.717, 1.165) is 17.4 Å². The Labute approximate surface area is 108 Å². The predicted octanol–water partition coefficient (Wildman–Crippen LogP) is 3.48. The van der Waals surface area contributed by atoms with Gasteiger partial charge in [-0.1, -0.05) is 6.08 Å². The van der Waals surface area contributed by atoms with Gasteiger partial charge in [0.05, 0.1) is 0 Å². The zero-order chi connectivity index (χ0) is 12.3. The van der Waals surface area contributed by atoms with Crippen molar-refractivity contribution in [3.63, 3.8) is 0 Å². The fourth-order valence-electron chi connectivity index (χ4n) is 5.27. The molecule has 5 aliphatic rings. The molecule has 5 rings (SSSR count). The molecule has 0 unspecified atom stereocenters. The first-order valence-corrected chi connectivity index (χ1v) is 7.65. The van der Waals surface area contributed by atoms with Gasteiger partial charge in [-0.2, -0.15) is 0 Å². The molecule has 2 heteroatoms. The monoisotopic (exact) mass is 246 g/mol. The molecule has 5 aliphatic carbocycles. The predicted molar refractivity (Wildman–Crippen MR) is 69.0 cm³/mol. The number of carbonyl (C=O) groups is 1. The Kier molecular flexibility index (Phi) is 2.37. The van der Waals surface area contributed by atoms with E-state index in [4.69, 9.17) is 0 Å². The summed E-state index contributed by atoms with van der Waals surface area (Å²) >= 11 is 0. The van der Waals surface area contributed by atoms with Crippen LogP contribution in [0.1, 0.15) is 44.9 Å². The van der Waals surface area contributed by atoms with E-state index in [9.17, 15) is 9.90 Å². The van der Waals surface area contributed by atoms with Crippen molar-refractivity contribution in [2.75, 3.05) is 0 Å². The lowest BCUT2D eigenvalue weighted by molar-refractivity contribution is -0.135. The van der Waals surface area contributed by atoms with Gasteiger partial charge in [-0.25, -0.2) is 4.79 Å². The Morgan fingerprint density at radius 1 is 0.944 bits per heavy atom. The quantitative estimate of drug-likeness (QED) is 0.774. The summed E-state index contributed by atoms with van der Waals surface area (Å²) in [6, 6.07) is 0. The summed E-state index contributed by atoms with van der Waals surface area (Å²) in [6.07, 6.45) is 11.2. The maximum absolute atomic E-state index is 11.6. The maximum Gasteiger partial charge on any atom is 0.331 e. The van der Waals surface area contributed by atoms with Crippen molar-refractivity contribution < 1.29 is 9.90 Å². The van der Waals surface area contributed by atoms with Crippen LogP contribution < -0.4 is 0 Å². The van der Waals surface area contributed by atoms with Crippen LogP contribution in [0.5, 0.6) is 0 Å². The lowest BCUT2D eigenvalue weighted by Gasteiger charge is -2.54. The van der Waals surface area contributed by atoms with Crippen LogP contribution in [0, 0.1) is 35.5 Å². The minimum atomic E-state index is -0.626. The lowest BCUT2D eigenvalue weighted by atomic mass is 9.50. The molecule has 18 heavy (non-hydrogen) atoms. The lowest BCUT2D eigenvalue weighted by Crippen LogP contribution is -2.46. The van der Waals surface area contributed by atoms with Crippen molar-refractivity contribution in [2.45, 2.75) is 44.9 Å². The Morgan fingerprint density at radius 3 is 1.94 bits per heavy atom. The van der Waals surface area contributed by atoms with Crippen molar-refractivity contribution in [1.29, 1.82) is 0 Å². The van der Waals surface area contributed by atoms with Crippen LogP contribution in [0.4, 0.5) is 0 Å². The van der Waals surface area contributed by atoms with E-state index < -0.39 is 5.97 Å². The molecule has 0 saturated heterocycles. The first-order chi connectivity index (χ1) is 8.70. The molecular formula is C16H22O2. The van der Waals surface area contributed by atoms with Crippen LogP contribution in [-0.4, -0.2) is 11.1 Å². The fraction of sp³-hybridized carbons (Fsp3) is 0.812. The van der Waals surface area contributed by atoms with Gasteiger partial charge in [-0.05, 0) is 80.5 Å². The van der Waals surface area contributed by atoms with E-state index in [2.05, 4.69) is 6.08 Å². The number of hydrogen-bond donors (Lipinski definition) is 1. The van der Waals surface area contributed by atoms with Crippen molar-refractivity contribution in [2.24, 2.45) is 35.5 Å². The van der Waals surface area contributed by atoms with Gasteiger partial charge in [0.25, 0.3) is 0 Å². The van der Waals surface area contributed by atoms with E-state index in [1.54, 1.807) is 0 Å². The van der Waals surface area contributed by atoms with Crippen molar-refractivity contribution in [3.8, 4) is 0 Å². The van der Waals surface area contributed by atoms with Crippen molar-refractivity contribution >= 4 is 5.97 Å². The normalized spacial score (nSPS) is 46.4. The first kappa shape index (κ1) is 11.1. The highest BCUT2D eigenvalue weighted by Gasteiger charge is 2.50. The number of hydrogen-bond acceptors (Lipinski definition) is 1. The molecule has 0 spiro atoms. The highest BCUT2D eigenvalue weighted by atomic mass is 16.4. The van der Waals surface area contributed by atoms with Crippen LogP contribution in [0.25, 0.3) is 0 Å². The molecule has 0 aromatic carbocycles. The van der Waals surface area contributed by atoms with E-state index >= 15 is 0 Å². The summed E-state index contributed by atoms with van der Waals surface area (Å²) < 4.78 is 0. The van der Waals surface area contributed by atoms with Crippen LogP contribution in [0.3, 0.4) is 0 Å². The molecule has 5 saturated carbocycles. The van der Waals surface area contributed by atoms with Gasteiger partial charge in [-0.3, -0.25) is 0 Å². The molecular weight excluding hydrogens is 224 g/mol. The third kappa shape index (κ3) is 1.72. The molecule has 0 heterocycles. The summed E-state index contributed by atoms with van der Waals surface area (Å²) in [4.78, 5) is 11.6. The van der Waals surface area contributed by atoms with Gasteiger partial charge in [0, 0.05) is 5.57 Å². The zero-order valence-electron chi connectivity index (χ0n) is 10.8. The second-order valence-electron chi connectivity index (χ2n) is 7.22. The van der Waals surface area contributed by atoms with Crippen molar-refractivity contribution in [1.82, 2.24) is 0 Å². The largest absolute Gasteiger partial charge is 0.478 e. The SMILES string of the molecule is O=C(O)/C(=C/C1CC1)C1C2CC3CC(C2)CC1C3. The molecule has 0 radical (unpaired) electrons. The minimum Gasteiger partial charge on any atom is -0.478 e. The second-order valence-corrected chi connectivity index (χ2v) is 7.22. The van der Waals surface area contributed by atoms with Crippen LogP contribution in [-0.2, 0) is 4.79 Å². The molecule has 0 aliphatic heterocycles. The molecule has 0 atom stereocenters. The maximum atomic E-state index is 11.6. The topological polar surface area (TPSA) is 37.3 Å². The highest BCUT2D eigenvalue weighted by molar-refractivity contribution is 5.87. The Hall–Kier alpha value is -0.790. The number of rotatable bonds is 3. The average Bonchev–Trinajstić information content (AvgIpc) is 3.09. The van der Waals surface area contributed by atoms with Crippen LogP contribution >= 0.6 is 0 Å². The average molecular weight is 246 g/mol. The highest BCUT2D eigenvalue weighted by Crippen LogP contribution is 2.58. The Morgan fingerprint density at radius 2 is 1.50 bits per heavy atom. The molecule has 2 nitrogen and oxygen atoms in total. The van der Waals surface area contributed by atoms with Gasteiger partial charge in [0.15, 0.2) is 0 Å². The third-order valence-corrected chi connectivity index (χ3v) is 5.87. The van der Waals surface area contributed by atoms with Gasteiger partial charge in [0.2, 0.25) is 0 Å². The molecule has 5 fully saturated rings. The number of aliphatic carboxylic acids is 1. The molecule has 0 aromatic rings. The first-order valence-electron chi connectivity index (χ1n) is 7.65. The van der Waals surface area contributed by atoms with Crippen LogP contribution in [0.2, 0.25) is 0 Å². The number of carboxylic acid groups (broad SMARTS) is 1. The summed E-state index contributed by atoms with van der Waals surface area (Å²) in [7, 11) is 0. The van der Waals surface area contributed by atoms with Gasteiger partial charge >= 0.3 is 5.97 Å². The van der Waals surface area contributed by atoms with E-state index in [1.807, 2.05) is 0 Å². The summed E-state index contributed by atoms with van der Waals surface area (Å²) in [5, 5.41) is 9.57. The van der Waals surface area contributed by atoms with Gasteiger partial charge < -0.3 is 5.11 Å². The summed E-state index contributed by atoms with van der Waals surface area (Å²) in [6.45, 7) is 0. The van der Waals surface area contributed by atoms with Gasteiger partial charge in [-0.15, -0.1) is 0 Å². The molecule has 0 aromatic heterocycles. The standard InChI is InChI=1S/C16H22O2/c17-16(18)14(8-9-1-2-9)15-12-4-10-3-11(6-12)7-13(15)5-10/h8-13,15H,1-7H2,(H,17,18)/b14-8+. The smallest absolute Gasteiger partial charge is 0.331 e. The second kappa shape index (κ2) is 3.85. The number of allylic oxidation sites excluding steroid dienone is 1. The Bertz CT molecular complexity index is 377.